The molecule has 0 aliphatic heterocycles. The predicted molar refractivity (Wildman–Crippen MR) is 82.3 cm³/mol. The van der Waals surface area contributed by atoms with Crippen molar-refractivity contribution in [2.75, 3.05) is 24.7 Å². The highest BCUT2D eigenvalue weighted by atomic mass is 79.9. The van der Waals surface area contributed by atoms with Gasteiger partial charge in [-0.2, -0.15) is 0 Å². The highest BCUT2D eigenvalue weighted by molar-refractivity contribution is 9.09. The summed E-state index contributed by atoms with van der Waals surface area (Å²) in [4.78, 5) is 25.8. The second-order valence-corrected chi connectivity index (χ2v) is 5.80. The van der Waals surface area contributed by atoms with Gasteiger partial charge in [-0.3, -0.25) is 9.59 Å². The Balaban J connectivity index is 2.58. The second-order valence-electron chi connectivity index (χ2n) is 4.18. The topological polar surface area (TPSA) is 49.4 Å². The number of nitrogens with one attached hydrogen (secondary N) is 1. The standard InChI is InChI=1S/C13H13BrN2O2S/c1-16(2)13(18)12-11(15-10(17)7-14)8-5-3-4-6-9(8)19-12/h3-6H,7H2,1-2H3,(H,15,17). The summed E-state index contributed by atoms with van der Waals surface area (Å²) in [6, 6.07) is 7.65. The molecule has 4 nitrogen and oxygen atoms in total. The van der Waals surface area contributed by atoms with E-state index in [0.29, 0.717) is 10.6 Å². The SMILES string of the molecule is CN(C)C(=O)c1sc2ccccc2c1NC(=O)CBr. The first-order valence-electron chi connectivity index (χ1n) is 5.63. The van der Waals surface area contributed by atoms with Gasteiger partial charge in [0.25, 0.3) is 5.91 Å². The van der Waals surface area contributed by atoms with Crippen molar-refractivity contribution in [3.63, 3.8) is 0 Å². The van der Waals surface area contributed by atoms with Crippen LogP contribution in [0.1, 0.15) is 9.67 Å². The van der Waals surface area contributed by atoms with Crippen molar-refractivity contribution in [1.82, 2.24) is 4.90 Å². The highest BCUT2D eigenvalue weighted by Gasteiger charge is 2.20. The fourth-order valence-corrected chi connectivity index (χ4v) is 3.02. The average molecular weight is 341 g/mol. The summed E-state index contributed by atoms with van der Waals surface area (Å²) in [6.07, 6.45) is 0. The third-order valence-corrected chi connectivity index (χ3v) is 4.25. The van der Waals surface area contributed by atoms with E-state index < -0.39 is 0 Å². The van der Waals surface area contributed by atoms with Gasteiger partial charge >= 0.3 is 0 Å². The third-order valence-electron chi connectivity index (χ3n) is 2.58. The lowest BCUT2D eigenvalue weighted by Gasteiger charge is -2.11. The molecule has 2 amide bonds. The summed E-state index contributed by atoms with van der Waals surface area (Å²) in [6.45, 7) is 0. The molecule has 6 heteroatoms. The Morgan fingerprint density at radius 1 is 1.32 bits per heavy atom. The van der Waals surface area contributed by atoms with Gasteiger partial charge in [-0.25, -0.2) is 0 Å². The molecule has 0 spiro atoms. The van der Waals surface area contributed by atoms with Gasteiger partial charge in [-0.05, 0) is 6.07 Å². The molecule has 0 radical (unpaired) electrons. The molecule has 0 unspecified atom stereocenters. The molecular weight excluding hydrogens is 328 g/mol. The molecule has 0 fully saturated rings. The molecule has 0 bridgehead atoms. The number of halogens is 1. The number of hydrogen-bond donors (Lipinski definition) is 1. The summed E-state index contributed by atoms with van der Waals surface area (Å²) >= 11 is 4.50. The van der Waals surface area contributed by atoms with Gasteiger partial charge in [0.15, 0.2) is 0 Å². The Bertz CT molecular complexity index is 637. The molecule has 1 aromatic heterocycles. The van der Waals surface area contributed by atoms with Gasteiger partial charge < -0.3 is 10.2 Å². The van der Waals surface area contributed by atoms with E-state index in [4.69, 9.17) is 0 Å². The number of rotatable bonds is 3. The van der Waals surface area contributed by atoms with Gasteiger partial charge in [0.1, 0.15) is 4.88 Å². The first-order chi connectivity index (χ1) is 9.04. The zero-order chi connectivity index (χ0) is 14.0. The minimum atomic E-state index is -0.170. The van der Waals surface area contributed by atoms with Crippen LogP contribution in [-0.4, -0.2) is 36.1 Å². The molecule has 1 aromatic carbocycles. The molecule has 1 heterocycles. The quantitative estimate of drug-likeness (QED) is 0.873. The van der Waals surface area contributed by atoms with Crippen molar-refractivity contribution in [2.45, 2.75) is 0 Å². The average Bonchev–Trinajstić information content (AvgIpc) is 2.76. The van der Waals surface area contributed by atoms with Crippen LogP contribution in [0.5, 0.6) is 0 Å². The summed E-state index contributed by atoms with van der Waals surface area (Å²) in [7, 11) is 3.39. The van der Waals surface area contributed by atoms with Crippen LogP contribution in [0.2, 0.25) is 0 Å². The van der Waals surface area contributed by atoms with E-state index in [1.54, 1.807) is 14.1 Å². The van der Waals surface area contributed by atoms with E-state index in [9.17, 15) is 9.59 Å². The van der Waals surface area contributed by atoms with Crippen molar-refractivity contribution >= 4 is 54.9 Å². The van der Waals surface area contributed by atoms with Crippen LogP contribution in [-0.2, 0) is 4.79 Å². The van der Waals surface area contributed by atoms with Crippen molar-refractivity contribution in [3.8, 4) is 0 Å². The van der Waals surface area contributed by atoms with Crippen LogP contribution in [0.3, 0.4) is 0 Å². The molecule has 0 aliphatic carbocycles. The van der Waals surface area contributed by atoms with E-state index >= 15 is 0 Å². The van der Waals surface area contributed by atoms with Crippen LogP contribution < -0.4 is 5.32 Å². The largest absolute Gasteiger partial charge is 0.344 e. The van der Waals surface area contributed by atoms with Gasteiger partial charge in [0.2, 0.25) is 5.91 Å². The van der Waals surface area contributed by atoms with Gasteiger partial charge in [0, 0.05) is 24.2 Å². The highest BCUT2D eigenvalue weighted by Crippen LogP contribution is 2.36. The van der Waals surface area contributed by atoms with Crippen LogP contribution in [0.15, 0.2) is 24.3 Å². The van der Waals surface area contributed by atoms with Crippen molar-refractivity contribution in [1.29, 1.82) is 0 Å². The number of anilines is 1. The van der Waals surface area contributed by atoms with Crippen LogP contribution >= 0.6 is 27.3 Å². The summed E-state index contributed by atoms with van der Waals surface area (Å²) < 4.78 is 0.984. The number of carbonyl (C=O) groups is 2. The number of fused-ring (bicyclic) bond motifs is 1. The lowest BCUT2D eigenvalue weighted by molar-refractivity contribution is -0.113. The number of amides is 2. The second kappa shape index (κ2) is 5.71. The molecular formula is C13H13BrN2O2S. The van der Waals surface area contributed by atoms with Crippen LogP contribution in [0.4, 0.5) is 5.69 Å². The molecule has 0 aliphatic rings. The summed E-state index contributed by atoms with van der Waals surface area (Å²) in [5, 5.41) is 3.89. The normalized spacial score (nSPS) is 10.5. The Morgan fingerprint density at radius 3 is 2.63 bits per heavy atom. The number of carbonyl (C=O) groups excluding carboxylic acids is 2. The van der Waals surface area contributed by atoms with Gasteiger partial charge in [-0.1, -0.05) is 34.1 Å². The number of nitrogens with zero attached hydrogens (tertiary/aromatic N) is 1. The first kappa shape index (κ1) is 14.0. The van der Waals surface area contributed by atoms with E-state index in [2.05, 4.69) is 21.2 Å². The van der Waals surface area contributed by atoms with E-state index in [-0.39, 0.29) is 17.1 Å². The van der Waals surface area contributed by atoms with Crippen LogP contribution in [0.25, 0.3) is 10.1 Å². The lowest BCUT2D eigenvalue weighted by atomic mass is 10.2. The zero-order valence-corrected chi connectivity index (χ0v) is 13.0. The van der Waals surface area contributed by atoms with E-state index in [1.807, 2.05) is 24.3 Å². The first-order valence-corrected chi connectivity index (χ1v) is 7.57. The monoisotopic (exact) mass is 340 g/mol. The molecule has 2 rings (SSSR count). The zero-order valence-electron chi connectivity index (χ0n) is 10.6. The molecule has 100 valence electrons. The van der Waals surface area contributed by atoms with Crippen molar-refractivity contribution < 1.29 is 9.59 Å². The molecule has 0 saturated carbocycles. The Labute approximate surface area is 123 Å². The van der Waals surface area contributed by atoms with Gasteiger partial charge in [-0.15, -0.1) is 11.3 Å². The minimum Gasteiger partial charge on any atom is -0.344 e. The molecule has 0 atom stereocenters. The summed E-state index contributed by atoms with van der Waals surface area (Å²) in [5.74, 6) is -0.276. The number of alkyl halides is 1. The fraction of sp³-hybridized carbons (Fsp3) is 0.231. The summed E-state index contributed by atoms with van der Waals surface area (Å²) in [5.41, 5.74) is 0.601. The maximum atomic E-state index is 12.2. The fourth-order valence-electron chi connectivity index (χ4n) is 1.70. The lowest BCUT2D eigenvalue weighted by Crippen LogP contribution is -2.22. The molecule has 19 heavy (non-hydrogen) atoms. The van der Waals surface area contributed by atoms with Crippen LogP contribution in [0, 0.1) is 0 Å². The maximum Gasteiger partial charge on any atom is 0.265 e. The Morgan fingerprint density at radius 2 is 2.00 bits per heavy atom. The number of benzene rings is 1. The molecule has 2 aromatic rings. The molecule has 1 N–H and O–H groups in total. The third kappa shape index (κ3) is 2.79. The Kier molecular flexibility index (Phi) is 4.21. The van der Waals surface area contributed by atoms with E-state index in [0.717, 1.165) is 10.1 Å². The van der Waals surface area contributed by atoms with Crippen molar-refractivity contribution in [2.24, 2.45) is 0 Å². The number of hydrogen-bond acceptors (Lipinski definition) is 3. The maximum absolute atomic E-state index is 12.2. The smallest absolute Gasteiger partial charge is 0.265 e. The Hall–Kier alpha value is -1.40. The number of thiophene rings is 1. The van der Waals surface area contributed by atoms with Crippen molar-refractivity contribution in [3.05, 3.63) is 29.1 Å². The predicted octanol–water partition coefficient (Wildman–Crippen LogP) is 2.94. The minimum absolute atomic E-state index is 0.105. The molecule has 0 saturated heterocycles. The van der Waals surface area contributed by atoms with E-state index in [1.165, 1.54) is 16.2 Å². The van der Waals surface area contributed by atoms with Gasteiger partial charge in [0.05, 0.1) is 11.0 Å².